The van der Waals surface area contributed by atoms with E-state index in [4.69, 9.17) is 10.5 Å². The second-order valence-corrected chi connectivity index (χ2v) is 0.333. The Balaban J connectivity index is -0.0000000400. The Morgan fingerprint density at radius 2 is 1.00 bits per heavy atom. The molecule has 0 N–H and O–H groups in total. The van der Waals surface area contributed by atoms with Crippen LogP contribution in [0.2, 0.25) is 0 Å². The van der Waals surface area contributed by atoms with Gasteiger partial charge in [-0.05, 0) is 0 Å². The van der Waals surface area contributed by atoms with E-state index in [1.807, 2.05) is 0 Å². The summed E-state index contributed by atoms with van der Waals surface area (Å²) in [7, 11) is 2.14. The van der Waals surface area contributed by atoms with Crippen molar-refractivity contribution < 1.29 is 36.8 Å². The molecule has 0 saturated heterocycles. The van der Waals surface area contributed by atoms with Crippen molar-refractivity contribution in [3.8, 4) is 0 Å². The van der Waals surface area contributed by atoms with Crippen LogP contribution in [-0.2, 0) is 26.3 Å². The van der Waals surface area contributed by atoms with E-state index in [0.717, 1.165) is 14.2 Å². The quantitative estimate of drug-likeness (QED) is 0.225. The molecule has 0 heterocycles. The van der Waals surface area contributed by atoms with Gasteiger partial charge in [-0.3, -0.25) is 0 Å². The van der Waals surface area contributed by atoms with Crippen molar-refractivity contribution in [2.75, 3.05) is 14.2 Å². The summed E-state index contributed by atoms with van der Waals surface area (Å²) in [6.45, 7) is 0. The van der Waals surface area contributed by atoms with Gasteiger partial charge in [0.05, 0.1) is 0 Å². The molecule has 0 rings (SSSR count). The van der Waals surface area contributed by atoms with Gasteiger partial charge in [-0.25, -0.2) is 0 Å². The standard InChI is InChI=1S/2CH4O2.Ni/c2*1-3-2;/h2*2H,1H3;/q;;+2/p-2. The molecule has 0 spiro atoms. The van der Waals surface area contributed by atoms with Gasteiger partial charge in [0.25, 0.3) is 0 Å². The molecule has 0 aliphatic rings. The van der Waals surface area contributed by atoms with Gasteiger partial charge in [0.15, 0.2) is 0 Å². The van der Waals surface area contributed by atoms with E-state index in [2.05, 4.69) is 9.78 Å². The van der Waals surface area contributed by atoms with Gasteiger partial charge in [0.2, 0.25) is 0 Å². The second kappa shape index (κ2) is 33.1. The van der Waals surface area contributed by atoms with E-state index in [1.54, 1.807) is 0 Å². The van der Waals surface area contributed by atoms with E-state index in [-0.39, 0.29) is 16.5 Å². The fourth-order valence-corrected chi connectivity index (χ4v) is 0. The first kappa shape index (κ1) is 15.7. The Bertz CT molecular complexity index is 11.7. The molecule has 0 bridgehead atoms. The molecule has 0 unspecified atom stereocenters. The van der Waals surface area contributed by atoms with Crippen molar-refractivity contribution in [3.63, 3.8) is 0 Å². The molecular formula is C2H6NiO4. The minimum absolute atomic E-state index is 0. The van der Waals surface area contributed by atoms with Crippen molar-refractivity contribution in [2.45, 2.75) is 0 Å². The molecule has 0 aromatic heterocycles. The van der Waals surface area contributed by atoms with Crippen molar-refractivity contribution in [2.24, 2.45) is 0 Å². The normalized spacial score (nSPS) is 5.14. The van der Waals surface area contributed by atoms with Gasteiger partial charge in [0, 0.05) is 14.2 Å². The van der Waals surface area contributed by atoms with E-state index in [0.29, 0.717) is 0 Å². The third kappa shape index (κ3) is 1070. The number of hydrogen-bond donors (Lipinski definition) is 0. The molecule has 0 fully saturated rings. The predicted molar refractivity (Wildman–Crippen MR) is 14.0 cm³/mol. The van der Waals surface area contributed by atoms with Gasteiger partial charge >= 0.3 is 16.5 Å². The van der Waals surface area contributed by atoms with Crippen LogP contribution in [-0.4, -0.2) is 14.2 Å². The first-order valence-electron chi connectivity index (χ1n) is 1.15. The molecule has 0 amide bonds. The van der Waals surface area contributed by atoms with Gasteiger partial charge in [-0.2, -0.15) is 0 Å². The summed E-state index contributed by atoms with van der Waals surface area (Å²) in [4.78, 5) is 6.00. The van der Waals surface area contributed by atoms with Gasteiger partial charge in [-0.1, -0.05) is 0 Å². The van der Waals surface area contributed by atoms with Crippen LogP contribution in [0.3, 0.4) is 0 Å². The molecule has 5 heteroatoms. The molecule has 0 aliphatic carbocycles. The average Bonchev–Trinajstić information content (AvgIpc) is 1.39. The van der Waals surface area contributed by atoms with Crippen LogP contribution in [0.25, 0.3) is 0 Å². The topological polar surface area (TPSA) is 64.6 Å². The molecule has 0 aromatic carbocycles. The maximum absolute atomic E-state index is 8.43. The summed E-state index contributed by atoms with van der Waals surface area (Å²) in [6.07, 6.45) is 0. The van der Waals surface area contributed by atoms with Crippen LogP contribution < -0.4 is 10.5 Å². The third-order valence-electron chi connectivity index (χ3n) is 0. The Labute approximate surface area is 51.8 Å². The van der Waals surface area contributed by atoms with Crippen LogP contribution in [0, 0.1) is 0 Å². The summed E-state index contributed by atoms with van der Waals surface area (Å²) in [6, 6.07) is 0. The smallest absolute Gasteiger partial charge is 0.724 e. The first-order chi connectivity index (χ1) is 2.83. The molecular weight excluding hydrogens is 147 g/mol. The Morgan fingerprint density at radius 3 is 1.00 bits per heavy atom. The minimum Gasteiger partial charge on any atom is -0.724 e. The summed E-state index contributed by atoms with van der Waals surface area (Å²) >= 11 is 0. The molecule has 0 radical (unpaired) electrons. The summed E-state index contributed by atoms with van der Waals surface area (Å²) in [5.41, 5.74) is 0. The van der Waals surface area contributed by atoms with Crippen LogP contribution >= 0.6 is 0 Å². The van der Waals surface area contributed by atoms with Crippen LogP contribution in [0.1, 0.15) is 0 Å². The van der Waals surface area contributed by atoms with E-state index in [9.17, 15) is 0 Å². The van der Waals surface area contributed by atoms with Gasteiger partial charge in [-0.15, -0.1) is 0 Å². The van der Waals surface area contributed by atoms with Crippen molar-refractivity contribution in [1.82, 2.24) is 0 Å². The van der Waals surface area contributed by atoms with Crippen LogP contribution in [0.4, 0.5) is 0 Å². The van der Waals surface area contributed by atoms with E-state index < -0.39 is 0 Å². The zero-order valence-electron chi connectivity index (χ0n) is 3.95. The van der Waals surface area contributed by atoms with E-state index >= 15 is 0 Å². The van der Waals surface area contributed by atoms with Gasteiger partial charge < -0.3 is 20.3 Å². The summed E-state index contributed by atoms with van der Waals surface area (Å²) in [5, 5.41) is 16.9. The molecule has 0 aromatic rings. The number of rotatable bonds is 0. The predicted octanol–water partition coefficient (Wildman–Crippen LogP) is -2.19. The molecule has 0 aliphatic heterocycles. The van der Waals surface area contributed by atoms with Gasteiger partial charge in [0.1, 0.15) is 0 Å². The molecule has 48 valence electrons. The van der Waals surface area contributed by atoms with Crippen molar-refractivity contribution in [1.29, 1.82) is 0 Å². The van der Waals surface area contributed by atoms with Crippen LogP contribution in [0.5, 0.6) is 0 Å². The maximum atomic E-state index is 8.43. The third-order valence-corrected chi connectivity index (χ3v) is 0. The van der Waals surface area contributed by atoms with Crippen molar-refractivity contribution >= 4 is 0 Å². The molecule has 4 nitrogen and oxygen atoms in total. The second-order valence-electron chi connectivity index (χ2n) is 0.333. The zero-order chi connectivity index (χ0) is 5.41. The molecule has 0 saturated carbocycles. The SMILES string of the molecule is CO[O-].CO[O-].[Ni+2]. The van der Waals surface area contributed by atoms with Crippen molar-refractivity contribution in [3.05, 3.63) is 0 Å². The minimum atomic E-state index is 0. The Hall–Kier alpha value is 0.334. The fraction of sp³-hybridized carbons (Fsp3) is 1.00. The maximum Gasteiger partial charge on any atom is 2.00 e. The Morgan fingerprint density at radius 1 is 1.00 bits per heavy atom. The van der Waals surface area contributed by atoms with E-state index in [1.165, 1.54) is 0 Å². The first-order valence-corrected chi connectivity index (χ1v) is 1.15. The molecule has 0 atom stereocenters. The summed E-state index contributed by atoms with van der Waals surface area (Å²) in [5.74, 6) is 0. The zero-order valence-corrected chi connectivity index (χ0v) is 4.94. The Kier molecular flexibility index (Phi) is 74.0. The monoisotopic (exact) mass is 152 g/mol. The molecule has 7 heavy (non-hydrogen) atoms. The largest absolute Gasteiger partial charge is 2.00 e. The average molecular weight is 153 g/mol. The fourth-order valence-electron chi connectivity index (χ4n) is 0. The van der Waals surface area contributed by atoms with Crippen LogP contribution in [0.15, 0.2) is 0 Å². The summed E-state index contributed by atoms with van der Waals surface area (Å²) < 4.78 is 0. The number of hydrogen-bond acceptors (Lipinski definition) is 4.